The first-order valence-electron chi connectivity index (χ1n) is 15.8. The van der Waals surface area contributed by atoms with Gasteiger partial charge in [0.05, 0.1) is 66.5 Å². The van der Waals surface area contributed by atoms with Crippen molar-refractivity contribution in [3.05, 3.63) is 172 Å². The van der Waals surface area contributed by atoms with Gasteiger partial charge in [0.1, 0.15) is 5.82 Å². The fourth-order valence-electron chi connectivity index (χ4n) is 6.37. The first kappa shape index (κ1) is 29.9. The standard InChI is InChI=1S/C40H24Cl2N8/c41-37-32-23-27-16-14-25(48-27)21-24-13-15-26(47-24)22-31-34(28-9-1-5-17-43-28)35(29-10-2-6-18-44-29)39(49-31)36(30-11-3-7-19-45-30)40(38(37)42)50(32)33-12-4-8-20-46-33/h1-23,47H. The highest BCUT2D eigenvalue weighted by atomic mass is 35.5. The Morgan fingerprint density at radius 3 is 1.76 bits per heavy atom. The second kappa shape index (κ2) is 12.3. The van der Waals surface area contributed by atoms with Crippen LogP contribution < -0.4 is 0 Å². The molecule has 8 nitrogen and oxygen atoms in total. The minimum atomic E-state index is 0.320. The molecule has 1 N–H and O–H groups in total. The SMILES string of the molecule is Clc1c(Cl)c2c(-c3ccccn3)c3nc(cc4ccc(cc5nc(cc1n2-c1ccccn1)C=C5)[nH]4)C(c1ccccn1)=C3c1ccccn1. The Balaban J connectivity index is 1.58. The lowest BCUT2D eigenvalue weighted by Gasteiger charge is -2.13. The minimum Gasteiger partial charge on any atom is -0.355 e. The summed E-state index contributed by atoms with van der Waals surface area (Å²) in [7, 11) is 0. The molecule has 0 aromatic carbocycles. The summed E-state index contributed by atoms with van der Waals surface area (Å²) in [6, 6.07) is 33.1. The van der Waals surface area contributed by atoms with E-state index in [0.717, 1.165) is 33.6 Å². The quantitative estimate of drug-likeness (QED) is 0.198. The van der Waals surface area contributed by atoms with Gasteiger partial charge in [-0.15, -0.1) is 0 Å². The number of halogens is 2. The zero-order valence-corrected chi connectivity index (χ0v) is 27.7. The lowest BCUT2D eigenvalue weighted by Crippen LogP contribution is -2.01. The summed E-state index contributed by atoms with van der Waals surface area (Å²) in [6.07, 6.45) is 11.0. The van der Waals surface area contributed by atoms with E-state index in [1.54, 1.807) is 24.8 Å². The molecule has 0 fully saturated rings. The fraction of sp³-hybridized carbons (Fsp3) is 0. The van der Waals surface area contributed by atoms with Crippen LogP contribution in [0.3, 0.4) is 0 Å². The van der Waals surface area contributed by atoms with Crippen LogP contribution in [0.4, 0.5) is 0 Å². The summed E-state index contributed by atoms with van der Waals surface area (Å²) in [6.45, 7) is 0. The molecule has 50 heavy (non-hydrogen) atoms. The van der Waals surface area contributed by atoms with E-state index in [0.29, 0.717) is 60.9 Å². The topological polar surface area (TPSA) is 98.1 Å². The molecule has 0 saturated heterocycles. The largest absolute Gasteiger partial charge is 0.355 e. The van der Waals surface area contributed by atoms with Gasteiger partial charge in [-0.25, -0.2) is 15.0 Å². The summed E-state index contributed by atoms with van der Waals surface area (Å²) in [5.41, 5.74) is 10.0. The third-order valence-corrected chi connectivity index (χ3v) is 9.32. The molecule has 0 saturated carbocycles. The summed E-state index contributed by atoms with van der Waals surface area (Å²) in [4.78, 5) is 33.1. The number of hydrogen-bond acceptors (Lipinski definition) is 6. The average Bonchev–Trinajstić information content (AvgIpc) is 3.94. The Morgan fingerprint density at radius 1 is 0.520 bits per heavy atom. The maximum Gasteiger partial charge on any atom is 0.137 e. The van der Waals surface area contributed by atoms with Crippen LogP contribution in [-0.4, -0.2) is 39.5 Å². The van der Waals surface area contributed by atoms with Crippen molar-refractivity contribution in [2.45, 2.75) is 0 Å². The normalized spacial score (nSPS) is 12.4. The highest BCUT2D eigenvalue weighted by Gasteiger charge is 2.31. The highest BCUT2D eigenvalue weighted by Crippen LogP contribution is 2.46. The Kier molecular flexibility index (Phi) is 7.38. The number of pyridine rings is 4. The van der Waals surface area contributed by atoms with E-state index in [1.165, 1.54) is 0 Å². The molecule has 9 rings (SSSR count). The van der Waals surface area contributed by atoms with Crippen LogP contribution in [0.15, 0.2) is 128 Å². The van der Waals surface area contributed by atoms with Crippen LogP contribution in [0.25, 0.3) is 62.4 Å². The van der Waals surface area contributed by atoms with Crippen molar-refractivity contribution in [1.82, 2.24) is 39.5 Å². The molecule has 0 unspecified atom stereocenters. The molecule has 0 aliphatic carbocycles. The van der Waals surface area contributed by atoms with E-state index in [4.69, 9.17) is 53.1 Å². The maximum absolute atomic E-state index is 7.38. The van der Waals surface area contributed by atoms with Crippen LogP contribution in [0.2, 0.25) is 10.0 Å². The Hall–Kier alpha value is -6.22. The molecule has 0 atom stereocenters. The molecule has 7 aromatic heterocycles. The minimum absolute atomic E-state index is 0.320. The number of fused-ring (bicyclic) bond motifs is 8. The smallest absolute Gasteiger partial charge is 0.137 e. The molecule has 0 radical (unpaired) electrons. The van der Waals surface area contributed by atoms with Gasteiger partial charge in [-0.2, -0.15) is 0 Å². The van der Waals surface area contributed by atoms with Gasteiger partial charge in [-0.05, 0) is 91.0 Å². The van der Waals surface area contributed by atoms with Gasteiger partial charge in [0.2, 0.25) is 0 Å². The summed E-state index contributed by atoms with van der Waals surface area (Å²) in [5, 5.41) is 0.662. The lowest BCUT2D eigenvalue weighted by atomic mass is 9.95. The molecule has 238 valence electrons. The maximum atomic E-state index is 7.38. The second-order valence-corrected chi connectivity index (χ2v) is 12.4. The number of nitrogens with zero attached hydrogens (tertiary/aromatic N) is 7. The Bertz CT molecular complexity index is 2650. The molecule has 0 spiro atoms. The number of H-pyrrole nitrogens is 1. The van der Waals surface area contributed by atoms with Crippen LogP contribution >= 0.6 is 23.2 Å². The summed E-state index contributed by atoms with van der Waals surface area (Å²) >= 11 is 14.6. The Labute approximate surface area is 296 Å². The zero-order chi connectivity index (χ0) is 33.6. The molecular weight excluding hydrogens is 663 g/mol. The molecule has 8 bridgehead atoms. The number of aromatic nitrogens is 8. The molecular formula is C40H24Cl2N8. The van der Waals surface area contributed by atoms with Gasteiger partial charge >= 0.3 is 0 Å². The van der Waals surface area contributed by atoms with Gasteiger partial charge in [-0.3, -0.25) is 19.5 Å². The van der Waals surface area contributed by atoms with E-state index >= 15 is 0 Å². The number of hydrogen-bond donors (Lipinski definition) is 1. The van der Waals surface area contributed by atoms with Crippen molar-refractivity contribution >= 4 is 68.6 Å². The first-order chi connectivity index (χ1) is 24.6. The van der Waals surface area contributed by atoms with Gasteiger partial charge in [-0.1, -0.05) is 47.5 Å². The van der Waals surface area contributed by atoms with Crippen molar-refractivity contribution in [3.8, 4) is 17.1 Å². The molecule has 2 aliphatic rings. The van der Waals surface area contributed by atoms with E-state index in [9.17, 15) is 0 Å². The van der Waals surface area contributed by atoms with Gasteiger partial charge < -0.3 is 4.98 Å². The number of aromatic amines is 1. The molecule has 7 aromatic rings. The predicted octanol–water partition coefficient (Wildman–Crippen LogP) is 9.51. The average molecular weight is 688 g/mol. The van der Waals surface area contributed by atoms with Crippen LogP contribution in [-0.2, 0) is 0 Å². The second-order valence-electron chi connectivity index (χ2n) is 11.6. The van der Waals surface area contributed by atoms with Crippen molar-refractivity contribution < 1.29 is 0 Å². The summed E-state index contributed by atoms with van der Waals surface area (Å²) in [5.74, 6) is 0.607. The van der Waals surface area contributed by atoms with E-state index in [-0.39, 0.29) is 0 Å². The van der Waals surface area contributed by atoms with E-state index in [2.05, 4.69) is 4.98 Å². The summed E-state index contributed by atoms with van der Waals surface area (Å²) < 4.78 is 1.95. The predicted molar refractivity (Wildman–Crippen MR) is 199 cm³/mol. The van der Waals surface area contributed by atoms with Crippen molar-refractivity contribution in [3.63, 3.8) is 0 Å². The van der Waals surface area contributed by atoms with Crippen molar-refractivity contribution in [2.24, 2.45) is 0 Å². The lowest BCUT2D eigenvalue weighted by molar-refractivity contribution is 1.07. The molecule has 10 heteroatoms. The van der Waals surface area contributed by atoms with Gasteiger partial charge in [0, 0.05) is 47.0 Å². The van der Waals surface area contributed by atoms with Gasteiger partial charge in [0.25, 0.3) is 0 Å². The Morgan fingerprint density at radius 2 is 1.12 bits per heavy atom. The zero-order valence-electron chi connectivity index (χ0n) is 26.2. The number of nitrogens with one attached hydrogen (secondary N) is 1. The third kappa shape index (κ3) is 5.18. The fourth-order valence-corrected chi connectivity index (χ4v) is 6.87. The molecule has 0 amide bonds. The van der Waals surface area contributed by atoms with Crippen LogP contribution in [0.5, 0.6) is 0 Å². The van der Waals surface area contributed by atoms with E-state index < -0.39 is 0 Å². The van der Waals surface area contributed by atoms with Crippen LogP contribution in [0, 0.1) is 0 Å². The monoisotopic (exact) mass is 686 g/mol. The molecule has 2 aliphatic heterocycles. The van der Waals surface area contributed by atoms with Crippen LogP contribution in [0.1, 0.15) is 34.2 Å². The third-order valence-electron chi connectivity index (χ3n) is 8.47. The highest BCUT2D eigenvalue weighted by molar-refractivity contribution is 6.47. The van der Waals surface area contributed by atoms with Crippen molar-refractivity contribution in [1.29, 1.82) is 0 Å². The van der Waals surface area contributed by atoms with Gasteiger partial charge in [0.15, 0.2) is 0 Å². The molecule has 9 heterocycles. The van der Waals surface area contributed by atoms with Crippen molar-refractivity contribution in [2.75, 3.05) is 0 Å². The first-order valence-corrected chi connectivity index (χ1v) is 16.6. The van der Waals surface area contributed by atoms with E-state index in [1.807, 2.05) is 120 Å². The number of rotatable bonds is 4.